The number of hydrogen-bond acceptors (Lipinski definition) is 0. The van der Waals surface area contributed by atoms with Gasteiger partial charge in [-0.15, -0.1) is 0 Å². The molecule has 0 atom stereocenters. The minimum atomic E-state index is -3.02. The maximum Gasteiger partial charge on any atom is 0.326 e. The molecule has 0 unspecified atom stereocenters. The first-order valence-corrected chi connectivity index (χ1v) is 5.69. The van der Waals surface area contributed by atoms with Crippen LogP contribution in [0.25, 0.3) is 11.1 Å². The fourth-order valence-electron chi connectivity index (χ4n) is 1.49. The van der Waals surface area contributed by atoms with E-state index in [1.165, 1.54) is 24.3 Å². The van der Waals surface area contributed by atoms with Crippen molar-refractivity contribution in [3.05, 3.63) is 59.9 Å². The summed E-state index contributed by atoms with van der Waals surface area (Å²) in [5.74, 6) is -0.322. The van der Waals surface area contributed by atoms with E-state index in [9.17, 15) is 13.2 Å². The highest BCUT2D eigenvalue weighted by Gasteiger charge is 2.26. The van der Waals surface area contributed by atoms with E-state index in [4.69, 9.17) is 0 Å². The van der Waals surface area contributed by atoms with Gasteiger partial charge in [0.1, 0.15) is 5.82 Å². The first-order valence-electron chi connectivity index (χ1n) is 4.90. The molecule has 17 heavy (non-hydrogen) atoms. The van der Waals surface area contributed by atoms with Crippen molar-refractivity contribution in [2.45, 2.75) is 4.83 Å². The predicted octanol–water partition coefficient (Wildman–Crippen LogP) is 4.94. The molecule has 0 bridgehead atoms. The highest BCUT2D eigenvalue weighted by molar-refractivity contribution is 9.09. The third-order valence-corrected chi connectivity index (χ3v) is 2.85. The van der Waals surface area contributed by atoms with Gasteiger partial charge >= 0.3 is 4.83 Å². The zero-order valence-corrected chi connectivity index (χ0v) is 10.2. The summed E-state index contributed by atoms with van der Waals surface area (Å²) in [4.78, 5) is -3.02. The summed E-state index contributed by atoms with van der Waals surface area (Å²) in [6.07, 6.45) is 0. The lowest BCUT2D eigenvalue weighted by molar-refractivity contribution is 0.114. The lowest BCUT2D eigenvalue weighted by atomic mass is 10.0. The molecule has 4 heteroatoms. The van der Waals surface area contributed by atoms with Crippen LogP contribution in [0.1, 0.15) is 5.56 Å². The van der Waals surface area contributed by atoms with Gasteiger partial charge in [-0.1, -0.05) is 36.4 Å². The number of hydrogen-bond donors (Lipinski definition) is 0. The number of alkyl halides is 3. The Morgan fingerprint density at radius 2 is 1.18 bits per heavy atom. The van der Waals surface area contributed by atoms with Crippen molar-refractivity contribution in [3.8, 4) is 11.1 Å². The molecule has 2 aromatic rings. The van der Waals surface area contributed by atoms with E-state index in [0.717, 1.165) is 11.1 Å². The van der Waals surface area contributed by atoms with Crippen molar-refractivity contribution < 1.29 is 13.2 Å². The van der Waals surface area contributed by atoms with Crippen LogP contribution < -0.4 is 0 Å². The summed E-state index contributed by atoms with van der Waals surface area (Å²) in [6, 6.07) is 11.7. The average molecular weight is 301 g/mol. The fourth-order valence-corrected chi connectivity index (χ4v) is 1.76. The molecule has 0 aliphatic rings. The van der Waals surface area contributed by atoms with Crippen LogP contribution in [0.15, 0.2) is 48.5 Å². The van der Waals surface area contributed by atoms with Gasteiger partial charge in [-0.25, -0.2) is 4.39 Å². The van der Waals surface area contributed by atoms with Crippen molar-refractivity contribution in [1.29, 1.82) is 0 Å². The standard InChI is InChI=1S/C13H8BrF3/c14-13(16,17)11-5-1-9(2-6-11)10-3-7-12(15)8-4-10/h1-8H. The van der Waals surface area contributed by atoms with Crippen molar-refractivity contribution in [2.24, 2.45) is 0 Å². The van der Waals surface area contributed by atoms with Gasteiger partial charge in [0.2, 0.25) is 0 Å². The molecule has 0 aromatic heterocycles. The van der Waals surface area contributed by atoms with Gasteiger partial charge < -0.3 is 0 Å². The molecule has 0 N–H and O–H groups in total. The quantitative estimate of drug-likeness (QED) is 0.689. The van der Waals surface area contributed by atoms with Crippen LogP contribution in [0.2, 0.25) is 0 Å². The smallest absolute Gasteiger partial charge is 0.207 e. The Hall–Kier alpha value is -1.29. The summed E-state index contributed by atoms with van der Waals surface area (Å²) in [7, 11) is 0. The largest absolute Gasteiger partial charge is 0.326 e. The first kappa shape index (κ1) is 12.2. The van der Waals surface area contributed by atoms with E-state index in [2.05, 4.69) is 15.9 Å². The minimum absolute atomic E-state index is 0.108. The summed E-state index contributed by atoms with van der Waals surface area (Å²) in [5, 5.41) is 0. The molecule has 0 nitrogen and oxygen atoms in total. The molecule has 2 aromatic carbocycles. The van der Waals surface area contributed by atoms with Crippen LogP contribution in [0.3, 0.4) is 0 Å². The minimum Gasteiger partial charge on any atom is -0.207 e. The zero-order chi connectivity index (χ0) is 12.5. The van der Waals surface area contributed by atoms with Crippen LogP contribution in [0, 0.1) is 5.82 Å². The SMILES string of the molecule is Fc1ccc(-c2ccc(C(F)(F)Br)cc2)cc1. The lowest BCUT2D eigenvalue weighted by Gasteiger charge is -2.09. The van der Waals surface area contributed by atoms with Gasteiger partial charge in [0.25, 0.3) is 0 Å². The van der Waals surface area contributed by atoms with E-state index in [1.54, 1.807) is 24.3 Å². The number of halogens is 4. The van der Waals surface area contributed by atoms with Gasteiger partial charge in [0, 0.05) is 5.56 Å². The molecular formula is C13H8BrF3. The summed E-state index contributed by atoms with van der Waals surface area (Å²) >= 11 is 2.29. The predicted molar refractivity (Wildman–Crippen MR) is 64.7 cm³/mol. The van der Waals surface area contributed by atoms with Crippen LogP contribution in [0.5, 0.6) is 0 Å². The average Bonchev–Trinajstić information content (AvgIpc) is 2.29. The molecule has 0 amide bonds. The second-order valence-corrected chi connectivity index (χ2v) is 4.58. The molecule has 88 valence electrons. The van der Waals surface area contributed by atoms with Crippen molar-refractivity contribution >= 4 is 15.9 Å². The summed E-state index contributed by atoms with van der Waals surface area (Å²) in [5.41, 5.74) is 1.45. The molecule has 0 fully saturated rings. The number of rotatable bonds is 2. The third kappa shape index (κ3) is 2.88. The number of benzene rings is 2. The Labute approximate surface area is 105 Å². The maximum atomic E-state index is 12.9. The molecule has 0 radical (unpaired) electrons. The Kier molecular flexibility index (Phi) is 3.24. The topological polar surface area (TPSA) is 0 Å². The van der Waals surface area contributed by atoms with Gasteiger partial charge in [0.05, 0.1) is 0 Å². The van der Waals surface area contributed by atoms with Crippen LogP contribution >= 0.6 is 15.9 Å². The third-order valence-electron chi connectivity index (χ3n) is 2.39. The second-order valence-electron chi connectivity index (χ2n) is 3.58. The molecule has 0 aliphatic heterocycles. The highest BCUT2D eigenvalue weighted by Crippen LogP contribution is 2.35. The molecule has 0 aliphatic carbocycles. The monoisotopic (exact) mass is 300 g/mol. The van der Waals surface area contributed by atoms with E-state index in [-0.39, 0.29) is 11.4 Å². The Bertz CT molecular complexity index is 498. The molecule has 0 spiro atoms. The molecule has 0 saturated heterocycles. The van der Waals surface area contributed by atoms with Crippen molar-refractivity contribution in [3.63, 3.8) is 0 Å². The lowest BCUT2D eigenvalue weighted by Crippen LogP contribution is -2.01. The normalized spacial score (nSPS) is 11.5. The van der Waals surface area contributed by atoms with E-state index >= 15 is 0 Å². The molecule has 0 saturated carbocycles. The Morgan fingerprint density at radius 1 is 0.765 bits per heavy atom. The van der Waals surface area contributed by atoms with E-state index in [1.807, 2.05) is 0 Å². The van der Waals surface area contributed by atoms with E-state index < -0.39 is 4.83 Å². The second kappa shape index (κ2) is 4.53. The van der Waals surface area contributed by atoms with Gasteiger partial charge in [0.15, 0.2) is 0 Å². The summed E-state index contributed by atoms with van der Waals surface area (Å²) < 4.78 is 38.5. The zero-order valence-electron chi connectivity index (χ0n) is 8.63. The van der Waals surface area contributed by atoms with Crippen molar-refractivity contribution in [1.82, 2.24) is 0 Å². The van der Waals surface area contributed by atoms with Crippen LogP contribution in [-0.4, -0.2) is 0 Å². The van der Waals surface area contributed by atoms with Crippen LogP contribution in [0.4, 0.5) is 13.2 Å². The van der Waals surface area contributed by atoms with Crippen molar-refractivity contribution in [2.75, 3.05) is 0 Å². The molecule has 0 heterocycles. The summed E-state index contributed by atoms with van der Waals surface area (Å²) in [6.45, 7) is 0. The van der Waals surface area contributed by atoms with Crippen LogP contribution in [-0.2, 0) is 4.83 Å². The fraction of sp³-hybridized carbons (Fsp3) is 0.0769. The highest BCUT2D eigenvalue weighted by atomic mass is 79.9. The van der Waals surface area contributed by atoms with Gasteiger partial charge in [-0.3, -0.25) is 0 Å². The Morgan fingerprint density at radius 3 is 1.59 bits per heavy atom. The Balaban J connectivity index is 2.33. The van der Waals surface area contributed by atoms with Gasteiger partial charge in [-0.2, -0.15) is 8.78 Å². The molecule has 2 rings (SSSR count). The van der Waals surface area contributed by atoms with Gasteiger partial charge in [-0.05, 0) is 39.2 Å². The molecular weight excluding hydrogens is 293 g/mol. The maximum absolute atomic E-state index is 12.9. The van der Waals surface area contributed by atoms with E-state index in [0.29, 0.717) is 0 Å². The first-order chi connectivity index (χ1) is 7.97.